The van der Waals surface area contributed by atoms with Crippen LogP contribution in [-0.4, -0.2) is 40.4 Å². The van der Waals surface area contributed by atoms with Crippen molar-refractivity contribution >= 4 is 27.5 Å². The van der Waals surface area contributed by atoms with E-state index in [1.54, 1.807) is 0 Å². The lowest BCUT2D eigenvalue weighted by Gasteiger charge is -2.31. The maximum Gasteiger partial charge on any atom is 0.259 e. The average Bonchev–Trinajstić information content (AvgIpc) is 2.87. The van der Waals surface area contributed by atoms with Crippen LogP contribution in [-0.2, 0) is 11.2 Å². The van der Waals surface area contributed by atoms with Gasteiger partial charge in [-0.15, -0.1) is 11.3 Å². The molecule has 0 aliphatic carbocycles. The third-order valence-electron chi connectivity index (χ3n) is 4.96. The summed E-state index contributed by atoms with van der Waals surface area (Å²) in [5.74, 6) is 1.27. The molecule has 1 aliphatic heterocycles. The van der Waals surface area contributed by atoms with Crippen LogP contribution in [0, 0.1) is 19.8 Å². The second kappa shape index (κ2) is 7.03. The molecule has 3 N–H and O–H groups in total. The molecule has 0 bridgehead atoms. The smallest absolute Gasteiger partial charge is 0.259 e. The SMILES string of the molecule is Cc1sc2nc(CCC(=O)N3CCC(CN)CC3)[nH]c(=O)c2c1C. The molecule has 0 saturated carbocycles. The molecule has 0 atom stereocenters. The molecule has 6 nitrogen and oxygen atoms in total. The molecule has 0 radical (unpaired) electrons. The van der Waals surface area contributed by atoms with E-state index in [1.165, 1.54) is 11.3 Å². The number of H-pyrrole nitrogens is 1. The summed E-state index contributed by atoms with van der Waals surface area (Å²) in [5.41, 5.74) is 6.58. The predicted molar refractivity (Wildman–Crippen MR) is 96.4 cm³/mol. The minimum absolute atomic E-state index is 0.104. The molecule has 2 aromatic heterocycles. The van der Waals surface area contributed by atoms with Gasteiger partial charge >= 0.3 is 0 Å². The Morgan fingerprint density at radius 2 is 2.08 bits per heavy atom. The van der Waals surface area contributed by atoms with Crippen molar-refractivity contribution in [1.29, 1.82) is 0 Å². The number of hydrogen-bond donors (Lipinski definition) is 2. The molecule has 1 amide bonds. The lowest BCUT2D eigenvalue weighted by Crippen LogP contribution is -2.40. The third kappa shape index (κ3) is 3.37. The van der Waals surface area contributed by atoms with Gasteiger partial charge in [-0.3, -0.25) is 9.59 Å². The Kier molecular flexibility index (Phi) is 5.01. The maximum absolute atomic E-state index is 12.4. The normalized spacial score (nSPS) is 16.0. The first-order valence-corrected chi connectivity index (χ1v) is 9.28. The van der Waals surface area contributed by atoms with Crippen LogP contribution in [0.5, 0.6) is 0 Å². The van der Waals surface area contributed by atoms with Gasteiger partial charge in [0.1, 0.15) is 10.7 Å². The van der Waals surface area contributed by atoms with Gasteiger partial charge in [-0.25, -0.2) is 4.98 Å². The molecule has 1 saturated heterocycles. The van der Waals surface area contributed by atoms with Crippen molar-refractivity contribution < 1.29 is 4.79 Å². The summed E-state index contributed by atoms with van der Waals surface area (Å²) >= 11 is 1.53. The number of amides is 1. The van der Waals surface area contributed by atoms with Gasteiger partial charge in [-0.05, 0) is 44.7 Å². The average molecular weight is 348 g/mol. The summed E-state index contributed by atoms with van der Waals surface area (Å²) < 4.78 is 0. The minimum Gasteiger partial charge on any atom is -0.343 e. The van der Waals surface area contributed by atoms with Crippen LogP contribution < -0.4 is 11.3 Å². The molecule has 3 heterocycles. The van der Waals surface area contributed by atoms with Gasteiger partial charge in [0.25, 0.3) is 5.56 Å². The van der Waals surface area contributed by atoms with Gasteiger partial charge in [0.2, 0.25) is 5.91 Å². The number of carbonyl (C=O) groups excluding carboxylic acids is 1. The Bertz CT molecular complexity index is 803. The summed E-state index contributed by atoms with van der Waals surface area (Å²) in [6, 6.07) is 0. The minimum atomic E-state index is -0.104. The summed E-state index contributed by atoms with van der Waals surface area (Å²) in [5, 5.41) is 0.677. The van der Waals surface area contributed by atoms with Crippen molar-refractivity contribution in [3.8, 4) is 0 Å². The van der Waals surface area contributed by atoms with Crippen molar-refractivity contribution in [2.24, 2.45) is 11.7 Å². The number of fused-ring (bicyclic) bond motifs is 1. The Labute approximate surface area is 145 Å². The van der Waals surface area contributed by atoms with E-state index in [2.05, 4.69) is 9.97 Å². The molecule has 1 aliphatic rings. The second-order valence-corrected chi connectivity index (χ2v) is 7.74. The first-order valence-electron chi connectivity index (χ1n) is 8.46. The van der Waals surface area contributed by atoms with Crippen molar-refractivity contribution in [2.45, 2.75) is 39.5 Å². The van der Waals surface area contributed by atoms with Crippen LogP contribution in [0.1, 0.15) is 35.5 Å². The molecular formula is C17H24N4O2S. The topological polar surface area (TPSA) is 92.1 Å². The molecule has 0 aromatic carbocycles. The van der Waals surface area contributed by atoms with Gasteiger partial charge in [-0.2, -0.15) is 0 Å². The highest BCUT2D eigenvalue weighted by atomic mass is 32.1. The van der Waals surface area contributed by atoms with Crippen LogP contribution >= 0.6 is 11.3 Å². The number of likely N-dealkylation sites (tertiary alicyclic amines) is 1. The first kappa shape index (κ1) is 17.1. The van der Waals surface area contributed by atoms with Crippen LogP contribution in [0.4, 0.5) is 0 Å². The number of aryl methyl sites for hydroxylation is 3. The monoisotopic (exact) mass is 348 g/mol. The number of thiophene rings is 1. The van der Waals surface area contributed by atoms with E-state index in [9.17, 15) is 9.59 Å². The maximum atomic E-state index is 12.4. The van der Waals surface area contributed by atoms with Crippen LogP contribution in [0.3, 0.4) is 0 Å². The number of nitrogens with zero attached hydrogens (tertiary/aromatic N) is 2. The van der Waals surface area contributed by atoms with Crippen molar-refractivity contribution in [3.63, 3.8) is 0 Å². The number of nitrogens with two attached hydrogens (primary N) is 1. The van der Waals surface area contributed by atoms with Crippen molar-refractivity contribution in [2.75, 3.05) is 19.6 Å². The fraction of sp³-hybridized carbons (Fsp3) is 0.588. The lowest BCUT2D eigenvalue weighted by atomic mass is 9.97. The fourth-order valence-electron chi connectivity index (χ4n) is 3.22. The van der Waals surface area contributed by atoms with Crippen LogP contribution in [0.15, 0.2) is 4.79 Å². The zero-order chi connectivity index (χ0) is 17.3. The first-order chi connectivity index (χ1) is 11.5. The summed E-state index contributed by atoms with van der Waals surface area (Å²) in [4.78, 5) is 35.8. The number of hydrogen-bond acceptors (Lipinski definition) is 5. The van der Waals surface area contributed by atoms with Gasteiger partial charge in [0.15, 0.2) is 0 Å². The fourth-order valence-corrected chi connectivity index (χ4v) is 4.27. The molecule has 130 valence electrons. The van der Waals surface area contributed by atoms with E-state index in [1.807, 2.05) is 18.7 Å². The molecule has 7 heteroatoms. The molecule has 1 fully saturated rings. The van der Waals surface area contributed by atoms with Gasteiger partial charge in [-0.1, -0.05) is 0 Å². The number of nitrogens with one attached hydrogen (secondary N) is 1. The lowest BCUT2D eigenvalue weighted by molar-refractivity contribution is -0.132. The number of piperidine rings is 1. The number of aromatic amines is 1. The van der Waals surface area contributed by atoms with Crippen LogP contribution in [0.25, 0.3) is 10.2 Å². The van der Waals surface area contributed by atoms with Gasteiger partial charge in [0, 0.05) is 30.8 Å². The standard InChI is InChI=1S/C17H24N4O2S/c1-10-11(2)24-17-15(10)16(23)19-13(20-17)3-4-14(22)21-7-5-12(9-18)6-8-21/h12H,3-9,18H2,1-2H3,(H,19,20,23). The molecular weight excluding hydrogens is 324 g/mol. The second-order valence-electron chi connectivity index (χ2n) is 6.54. The third-order valence-corrected chi connectivity index (χ3v) is 6.07. The Morgan fingerprint density at radius 3 is 2.75 bits per heavy atom. The van der Waals surface area contributed by atoms with E-state index < -0.39 is 0 Å². The molecule has 2 aromatic rings. The zero-order valence-corrected chi connectivity index (χ0v) is 15.0. The summed E-state index contributed by atoms with van der Waals surface area (Å²) in [6.07, 6.45) is 2.82. The van der Waals surface area contributed by atoms with E-state index in [0.29, 0.717) is 36.5 Å². The highest BCUT2D eigenvalue weighted by Gasteiger charge is 2.22. The Balaban J connectivity index is 1.65. The zero-order valence-electron chi connectivity index (χ0n) is 14.2. The largest absolute Gasteiger partial charge is 0.343 e. The van der Waals surface area contributed by atoms with Crippen molar-refractivity contribution in [3.05, 3.63) is 26.6 Å². The van der Waals surface area contributed by atoms with E-state index in [0.717, 1.165) is 41.2 Å². The number of rotatable bonds is 4. The molecule has 24 heavy (non-hydrogen) atoms. The molecule has 0 spiro atoms. The molecule has 3 rings (SSSR count). The van der Waals surface area contributed by atoms with Crippen LogP contribution in [0.2, 0.25) is 0 Å². The van der Waals surface area contributed by atoms with Gasteiger partial charge in [0.05, 0.1) is 5.39 Å². The van der Waals surface area contributed by atoms with E-state index in [4.69, 9.17) is 5.73 Å². The van der Waals surface area contributed by atoms with Crippen molar-refractivity contribution in [1.82, 2.24) is 14.9 Å². The number of carbonyl (C=O) groups is 1. The summed E-state index contributed by atoms with van der Waals surface area (Å²) in [6.45, 7) is 6.21. The predicted octanol–water partition coefficient (Wildman–Crippen LogP) is 1.73. The molecule has 0 unspecified atom stereocenters. The highest BCUT2D eigenvalue weighted by molar-refractivity contribution is 7.18. The number of aromatic nitrogens is 2. The Morgan fingerprint density at radius 1 is 1.38 bits per heavy atom. The van der Waals surface area contributed by atoms with E-state index in [-0.39, 0.29) is 11.5 Å². The highest BCUT2D eigenvalue weighted by Crippen LogP contribution is 2.25. The van der Waals surface area contributed by atoms with E-state index >= 15 is 0 Å². The quantitative estimate of drug-likeness (QED) is 0.880. The van der Waals surface area contributed by atoms with Gasteiger partial charge < -0.3 is 15.6 Å². The Hall–Kier alpha value is -1.73. The summed E-state index contributed by atoms with van der Waals surface area (Å²) in [7, 11) is 0.